The van der Waals surface area contributed by atoms with E-state index in [0.29, 0.717) is 16.7 Å². The predicted molar refractivity (Wildman–Crippen MR) is 89.1 cm³/mol. The standard InChI is InChI=1S/C17H12N2O4S/c18-10-9-12-1-4-14(5-2-12)19-24(21,22)15-6-7-16-13(11-15)3-8-17(20)23-16/h1-8,11,19H,9H2. The fraction of sp³-hybridized carbons (Fsp3) is 0.0588. The van der Waals surface area contributed by atoms with E-state index in [4.69, 9.17) is 9.68 Å². The van der Waals surface area contributed by atoms with Gasteiger partial charge in [-0.1, -0.05) is 12.1 Å². The minimum absolute atomic E-state index is 0.0601. The molecule has 120 valence electrons. The van der Waals surface area contributed by atoms with Gasteiger partial charge in [-0.25, -0.2) is 13.2 Å². The molecule has 6 nitrogen and oxygen atoms in total. The Labute approximate surface area is 138 Å². The number of hydrogen-bond donors (Lipinski definition) is 1. The zero-order chi connectivity index (χ0) is 17.2. The third kappa shape index (κ3) is 3.29. The molecule has 0 saturated heterocycles. The summed E-state index contributed by atoms with van der Waals surface area (Å²) in [6, 6.07) is 15.6. The van der Waals surface area contributed by atoms with Crippen molar-refractivity contribution in [3.8, 4) is 6.07 Å². The second-order valence-electron chi connectivity index (χ2n) is 5.09. The van der Waals surface area contributed by atoms with Gasteiger partial charge >= 0.3 is 5.63 Å². The SMILES string of the molecule is N#CCc1ccc(NS(=O)(=O)c2ccc3oc(=O)ccc3c2)cc1. The van der Waals surface area contributed by atoms with Crippen LogP contribution < -0.4 is 10.3 Å². The molecule has 24 heavy (non-hydrogen) atoms. The van der Waals surface area contributed by atoms with Gasteiger partial charge in [-0.3, -0.25) is 4.72 Å². The van der Waals surface area contributed by atoms with E-state index in [-0.39, 0.29) is 11.3 Å². The van der Waals surface area contributed by atoms with Crippen molar-refractivity contribution in [2.24, 2.45) is 0 Å². The molecule has 0 atom stereocenters. The van der Waals surface area contributed by atoms with Crippen LogP contribution in [0.5, 0.6) is 0 Å². The highest BCUT2D eigenvalue weighted by atomic mass is 32.2. The van der Waals surface area contributed by atoms with Crippen LogP contribution in [0.4, 0.5) is 5.69 Å². The van der Waals surface area contributed by atoms with E-state index >= 15 is 0 Å². The van der Waals surface area contributed by atoms with Gasteiger partial charge in [-0.05, 0) is 42.0 Å². The smallest absolute Gasteiger partial charge is 0.336 e. The molecular weight excluding hydrogens is 328 g/mol. The first kappa shape index (κ1) is 15.8. The highest BCUT2D eigenvalue weighted by molar-refractivity contribution is 7.92. The van der Waals surface area contributed by atoms with E-state index < -0.39 is 15.6 Å². The summed E-state index contributed by atoms with van der Waals surface area (Å²) in [4.78, 5) is 11.2. The first-order valence-corrected chi connectivity index (χ1v) is 8.49. The molecule has 2 aromatic carbocycles. The van der Waals surface area contributed by atoms with Gasteiger partial charge in [0.25, 0.3) is 10.0 Å². The fourth-order valence-electron chi connectivity index (χ4n) is 2.21. The van der Waals surface area contributed by atoms with E-state index in [1.165, 1.54) is 30.3 Å². The van der Waals surface area contributed by atoms with Crippen molar-refractivity contribution in [3.05, 3.63) is 70.6 Å². The van der Waals surface area contributed by atoms with Crippen LogP contribution in [0.3, 0.4) is 0 Å². The summed E-state index contributed by atoms with van der Waals surface area (Å²) in [5.74, 6) is 0. The van der Waals surface area contributed by atoms with Gasteiger partial charge in [0.2, 0.25) is 0 Å². The van der Waals surface area contributed by atoms with Crippen LogP contribution in [0.15, 0.2) is 68.7 Å². The Morgan fingerprint density at radius 2 is 1.79 bits per heavy atom. The average Bonchev–Trinajstić information content (AvgIpc) is 2.56. The minimum atomic E-state index is -3.77. The van der Waals surface area contributed by atoms with Crippen molar-refractivity contribution < 1.29 is 12.8 Å². The van der Waals surface area contributed by atoms with Gasteiger partial charge in [0.15, 0.2) is 0 Å². The van der Waals surface area contributed by atoms with Crippen LogP contribution in [0.1, 0.15) is 5.56 Å². The summed E-state index contributed by atoms with van der Waals surface area (Å²) >= 11 is 0. The summed E-state index contributed by atoms with van der Waals surface area (Å²) in [5.41, 5.74) is 1.04. The third-order valence-electron chi connectivity index (χ3n) is 3.39. The summed E-state index contributed by atoms with van der Waals surface area (Å²) in [7, 11) is -3.77. The van der Waals surface area contributed by atoms with Gasteiger partial charge in [-0.15, -0.1) is 0 Å². The van der Waals surface area contributed by atoms with E-state index in [1.807, 2.05) is 6.07 Å². The molecular formula is C17H12N2O4S. The molecule has 0 radical (unpaired) electrons. The largest absolute Gasteiger partial charge is 0.423 e. The highest BCUT2D eigenvalue weighted by Crippen LogP contribution is 2.21. The predicted octanol–water partition coefficient (Wildman–Crippen LogP) is 2.66. The van der Waals surface area contributed by atoms with Crippen molar-refractivity contribution in [1.82, 2.24) is 0 Å². The number of rotatable bonds is 4. The number of nitriles is 1. The Morgan fingerprint density at radius 3 is 2.50 bits per heavy atom. The summed E-state index contributed by atoms with van der Waals surface area (Å²) in [6.07, 6.45) is 0.267. The zero-order valence-electron chi connectivity index (χ0n) is 12.4. The van der Waals surface area contributed by atoms with Crippen molar-refractivity contribution in [2.75, 3.05) is 4.72 Å². The Morgan fingerprint density at radius 1 is 1.04 bits per heavy atom. The number of sulfonamides is 1. The first-order valence-electron chi connectivity index (χ1n) is 7.00. The van der Waals surface area contributed by atoms with Crippen molar-refractivity contribution in [1.29, 1.82) is 5.26 Å². The van der Waals surface area contributed by atoms with Crippen LogP contribution in [0.25, 0.3) is 11.0 Å². The average molecular weight is 340 g/mol. The maximum Gasteiger partial charge on any atom is 0.336 e. The Bertz CT molecular complexity index is 1090. The first-order chi connectivity index (χ1) is 11.5. The lowest BCUT2D eigenvalue weighted by molar-refractivity contribution is 0.560. The molecule has 1 heterocycles. The number of nitrogens with zero attached hydrogens (tertiary/aromatic N) is 1. The minimum Gasteiger partial charge on any atom is -0.423 e. The monoisotopic (exact) mass is 340 g/mol. The van der Waals surface area contributed by atoms with Gasteiger partial charge in [0, 0.05) is 17.1 Å². The maximum absolute atomic E-state index is 12.5. The molecule has 0 aliphatic heterocycles. The maximum atomic E-state index is 12.5. The molecule has 1 N–H and O–H groups in total. The van der Waals surface area contributed by atoms with Crippen LogP contribution in [-0.2, 0) is 16.4 Å². The molecule has 0 unspecified atom stereocenters. The topological polar surface area (TPSA) is 100 Å². The molecule has 7 heteroatoms. The lowest BCUT2D eigenvalue weighted by Crippen LogP contribution is -2.13. The molecule has 3 rings (SSSR count). The normalized spacial score (nSPS) is 11.1. The van der Waals surface area contributed by atoms with Gasteiger partial charge in [0.1, 0.15) is 5.58 Å². The number of nitrogens with one attached hydrogen (secondary N) is 1. The van der Waals surface area contributed by atoms with Crippen LogP contribution in [0.2, 0.25) is 0 Å². The highest BCUT2D eigenvalue weighted by Gasteiger charge is 2.15. The van der Waals surface area contributed by atoms with Crippen molar-refractivity contribution in [2.45, 2.75) is 11.3 Å². The second kappa shape index (κ2) is 6.18. The molecule has 1 aromatic heterocycles. The van der Waals surface area contributed by atoms with E-state index in [1.54, 1.807) is 24.3 Å². The zero-order valence-corrected chi connectivity index (χ0v) is 13.2. The second-order valence-corrected chi connectivity index (χ2v) is 6.77. The third-order valence-corrected chi connectivity index (χ3v) is 4.77. The molecule has 0 saturated carbocycles. The number of fused-ring (bicyclic) bond motifs is 1. The Balaban J connectivity index is 1.91. The molecule has 0 amide bonds. The summed E-state index contributed by atoms with van der Waals surface area (Å²) < 4.78 is 32.4. The molecule has 0 bridgehead atoms. The summed E-state index contributed by atoms with van der Waals surface area (Å²) in [6.45, 7) is 0. The van der Waals surface area contributed by atoms with Crippen LogP contribution in [0, 0.1) is 11.3 Å². The van der Waals surface area contributed by atoms with Crippen LogP contribution in [-0.4, -0.2) is 8.42 Å². The van der Waals surface area contributed by atoms with Gasteiger partial charge < -0.3 is 4.42 Å². The number of benzene rings is 2. The molecule has 0 aliphatic carbocycles. The quantitative estimate of drug-likeness (QED) is 0.736. The molecule has 0 spiro atoms. The number of hydrogen-bond acceptors (Lipinski definition) is 5. The van der Waals surface area contributed by atoms with Crippen molar-refractivity contribution in [3.63, 3.8) is 0 Å². The molecule has 3 aromatic rings. The van der Waals surface area contributed by atoms with E-state index in [2.05, 4.69) is 4.72 Å². The lowest BCUT2D eigenvalue weighted by Gasteiger charge is -2.09. The molecule has 0 fully saturated rings. The Hall–Kier alpha value is -3.11. The van der Waals surface area contributed by atoms with E-state index in [9.17, 15) is 13.2 Å². The summed E-state index contributed by atoms with van der Waals surface area (Å²) in [5, 5.41) is 9.15. The molecule has 0 aliphatic rings. The number of anilines is 1. The fourth-order valence-corrected chi connectivity index (χ4v) is 3.31. The van der Waals surface area contributed by atoms with Gasteiger partial charge in [-0.2, -0.15) is 5.26 Å². The van der Waals surface area contributed by atoms with Gasteiger partial charge in [0.05, 0.1) is 17.4 Å². The Kier molecular flexibility index (Phi) is 4.06. The van der Waals surface area contributed by atoms with Crippen LogP contribution >= 0.6 is 0 Å². The lowest BCUT2D eigenvalue weighted by atomic mass is 10.1. The van der Waals surface area contributed by atoms with E-state index in [0.717, 1.165) is 5.56 Å². The van der Waals surface area contributed by atoms with Crippen molar-refractivity contribution >= 4 is 26.7 Å².